The van der Waals surface area contributed by atoms with Crippen LogP contribution in [0.2, 0.25) is 0 Å². The fourth-order valence-electron chi connectivity index (χ4n) is 2.05. The van der Waals surface area contributed by atoms with Crippen LogP contribution in [0.3, 0.4) is 0 Å². The topological polar surface area (TPSA) is 66.4 Å². The third-order valence-electron chi connectivity index (χ3n) is 3.26. The van der Waals surface area contributed by atoms with Gasteiger partial charge in [0.15, 0.2) is 0 Å². The average molecular weight is 317 g/mol. The largest absolute Gasteiger partial charge is 0.387 e. The second-order valence-corrected chi connectivity index (χ2v) is 6.63. The Labute approximate surface area is 131 Å². The minimum absolute atomic E-state index is 0.0632. The highest BCUT2D eigenvalue weighted by Crippen LogP contribution is 2.16. The first-order chi connectivity index (χ1) is 10.5. The summed E-state index contributed by atoms with van der Waals surface area (Å²) in [6.45, 7) is 1.81. The van der Waals surface area contributed by atoms with Crippen molar-refractivity contribution in [1.82, 2.24) is 4.72 Å². The summed E-state index contributed by atoms with van der Waals surface area (Å²) in [6, 6.07) is 16.5. The normalized spacial score (nSPS) is 13.4. The maximum atomic E-state index is 11.9. The van der Waals surface area contributed by atoms with E-state index in [0.717, 1.165) is 22.1 Å². The van der Waals surface area contributed by atoms with Crippen molar-refractivity contribution in [2.75, 3.05) is 6.54 Å². The van der Waals surface area contributed by atoms with Crippen molar-refractivity contribution >= 4 is 16.1 Å². The van der Waals surface area contributed by atoms with Crippen LogP contribution in [0.5, 0.6) is 0 Å². The van der Waals surface area contributed by atoms with Crippen LogP contribution in [0, 0.1) is 6.92 Å². The van der Waals surface area contributed by atoms with Gasteiger partial charge in [0.2, 0.25) is 10.0 Å². The first-order valence-electron chi connectivity index (χ1n) is 6.94. The van der Waals surface area contributed by atoms with Crippen molar-refractivity contribution in [3.63, 3.8) is 0 Å². The van der Waals surface area contributed by atoms with Crippen molar-refractivity contribution in [3.05, 3.63) is 76.7 Å². The zero-order valence-corrected chi connectivity index (χ0v) is 13.1. The molecule has 4 nitrogen and oxygen atoms in total. The zero-order chi connectivity index (χ0) is 16.0. The molecule has 2 rings (SSSR count). The van der Waals surface area contributed by atoms with E-state index in [1.165, 1.54) is 6.08 Å². The Hall–Kier alpha value is -1.95. The zero-order valence-electron chi connectivity index (χ0n) is 12.3. The number of rotatable bonds is 6. The van der Waals surface area contributed by atoms with Gasteiger partial charge in [0.1, 0.15) is 0 Å². The maximum Gasteiger partial charge on any atom is 0.233 e. The van der Waals surface area contributed by atoms with Gasteiger partial charge in [-0.15, -0.1) is 0 Å². The van der Waals surface area contributed by atoms with Gasteiger partial charge in [0.05, 0.1) is 6.10 Å². The lowest BCUT2D eigenvalue weighted by molar-refractivity contribution is 0.181. The second kappa shape index (κ2) is 7.35. The summed E-state index contributed by atoms with van der Waals surface area (Å²) in [6.07, 6.45) is 0.642. The lowest BCUT2D eigenvalue weighted by Gasteiger charge is -2.13. The Morgan fingerprint density at radius 1 is 1.09 bits per heavy atom. The number of nitrogens with one attached hydrogen (secondary N) is 1. The number of aliphatic hydroxyl groups is 1. The molecule has 22 heavy (non-hydrogen) atoms. The molecule has 0 amide bonds. The van der Waals surface area contributed by atoms with Gasteiger partial charge in [-0.05, 0) is 29.7 Å². The van der Waals surface area contributed by atoms with Gasteiger partial charge in [0, 0.05) is 12.0 Å². The number of benzene rings is 2. The van der Waals surface area contributed by atoms with E-state index in [1.54, 1.807) is 6.07 Å². The Kier molecular flexibility index (Phi) is 5.49. The molecule has 1 atom stereocenters. The van der Waals surface area contributed by atoms with E-state index >= 15 is 0 Å². The van der Waals surface area contributed by atoms with Crippen LogP contribution >= 0.6 is 0 Å². The number of hydrogen-bond donors (Lipinski definition) is 2. The molecule has 116 valence electrons. The van der Waals surface area contributed by atoms with E-state index in [-0.39, 0.29) is 6.54 Å². The molecular formula is C17H19NO3S. The summed E-state index contributed by atoms with van der Waals surface area (Å²) in [5.41, 5.74) is 2.44. The maximum absolute atomic E-state index is 11.9. The Balaban J connectivity index is 1.98. The summed E-state index contributed by atoms with van der Waals surface area (Å²) in [5.74, 6) is 0. The molecule has 0 aliphatic heterocycles. The molecule has 1 unspecified atom stereocenters. The smallest absolute Gasteiger partial charge is 0.233 e. The standard InChI is InChI=1S/C17H19NO3S/c1-14-7-5-6-10-16(14)17(19)13-18-22(20,21)12-11-15-8-3-2-4-9-15/h2-12,17-19H,13H2,1H3/b12-11+. The molecular weight excluding hydrogens is 298 g/mol. The molecule has 2 N–H and O–H groups in total. The third-order valence-corrected chi connectivity index (χ3v) is 4.33. The van der Waals surface area contributed by atoms with Gasteiger partial charge in [-0.1, -0.05) is 54.6 Å². The highest BCUT2D eigenvalue weighted by molar-refractivity contribution is 7.92. The van der Waals surface area contributed by atoms with Gasteiger partial charge in [0.25, 0.3) is 0 Å². The van der Waals surface area contributed by atoms with Crippen LogP contribution in [0.4, 0.5) is 0 Å². The van der Waals surface area contributed by atoms with Crippen molar-refractivity contribution in [3.8, 4) is 0 Å². The van der Waals surface area contributed by atoms with E-state index in [1.807, 2.05) is 55.5 Å². The van der Waals surface area contributed by atoms with Gasteiger partial charge in [-0.2, -0.15) is 0 Å². The monoisotopic (exact) mass is 317 g/mol. The van der Waals surface area contributed by atoms with E-state index in [0.29, 0.717) is 0 Å². The molecule has 0 aliphatic carbocycles. The molecule has 0 spiro atoms. The Morgan fingerprint density at radius 2 is 1.73 bits per heavy atom. The fourth-order valence-corrected chi connectivity index (χ4v) is 2.87. The number of aliphatic hydroxyl groups excluding tert-OH is 1. The lowest BCUT2D eigenvalue weighted by Crippen LogP contribution is -2.27. The molecule has 0 radical (unpaired) electrons. The summed E-state index contributed by atoms with van der Waals surface area (Å²) in [5, 5.41) is 11.2. The summed E-state index contributed by atoms with van der Waals surface area (Å²) < 4.78 is 26.2. The van der Waals surface area contributed by atoms with Crippen LogP contribution in [0.25, 0.3) is 6.08 Å². The molecule has 2 aromatic rings. The van der Waals surface area contributed by atoms with Gasteiger partial charge in [-0.25, -0.2) is 13.1 Å². The van der Waals surface area contributed by atoms with Crippen molar-refractivity contribution in [2.45, 2.75) is 13.0 Å². The number of sulfonamides is 1. The van der Waals surface area contributed by atoms with E-state index < -0.39 is 16.1 Å². The highest BCUT2D eigenvalue weighted by Gasteiger charge is 2.13. The number of aryl methyl sites for hydroxylation is 1. The molecule has 0 heterocycles. The van der Waals surface area contributed by atoms with Gasteiger partial charge in [-0.3, -0.25) is 0 Å². The Morgan fingerprint density at radius 3 is 2.41 bits per heavy atom. The predicted molar refractivity (Wildman–Crippen MR) is 88.5 cm³/mol. The van der Waals surface area contributed by atoms with E-state index in [9.17, 15) is 13.5 Å². The SMILES string of the molecule is Cc1ccccc1C(O)CNS(=O)(=O)/C=C/c1ccccc1. The fraction of sp³-hybridized carbons (Fsp3) is 0.176. The van der Waals surface area contributed by atoms with Gasteiger partial charge >= 0.3 is 0 Å². The molecule has 5 heteroatoms. The van der Waals surface area contributed by atoms with Gasteiger partial charge < -0.3 is 5.11 Å². The van der Waals surface area contributed by atoms with Crippen LogP contribution in [0.1, 0.15) is 22.8 Å². The first-order valence-corrected chi connectivity index (χ1v) is 8.49. The third kappa shape index (κ3) is 4.80. The highest BCUT2D eigenvalue weighted by atomic mass is 32.2. The first kappa shape index (κ1) is 16.4. The van der Waals surface area contributed by atoms with Crippen LogP contribution in [-0.2, 0) is 10.0 Å². The van der Waals surface area contributed by atoms with Crippen molar-refractivity contribution < 1.29 is 13.5 Å². The van der Waals surface area contributed by atoms with Crippen molar-refractivity contribution in [2.24, 2.45) is 0 Å². The number of hydrogen-bond acceptors (Lipinski definition) is 3. The average Bonchev–Trinajstić information content (AvgIpc) is 2.52. The van der Waals surface area contributed by atoms with Crippen LogP contribution in [-0.4, -0.2) is 20.1 Å². The lowest BCUT2D eigenvalue weighted by atomic mass is 10.0. The summed E-state index contributed by atoms with van der Waals surface area (Å²) >= 11 is 0. The molecule has 0 saturated carbocycles. The minimum Gasteiger partial charge on any atom is -0.387 e. The van der Waals surface area contributed by atoms with Crippen LogP contribution in [0.15, 0.2) is 60.0 Å². The summed E-state index contributed by atoms with van der Waals surface area (Å²) in [4.78, 5) is 0. The van der Waals surface area contributed by atoms with Crippen molar-refractivity contribution in [1.29, 1.82) is 0 Å². The molecule has 0 saturated heterocycles. The molecule has 0 fully saturated rings. The predicted octanol–water partition coefficient (Wildman–Crippen LogP) is 2.62. The van der Waals surface area contributed by atoms with Crippen LogP contribution < -0.4 is 4.72 Å². The Bertz CT molecular complexity index is 740. The van der Waals surface area contributed by atoms with E-state index in [4.69, 9.17) is 0 Å². The summed E-state index contributed by atoms with van der Waals surface area (Å²) in [7, 11) is -3.59. The molecule has 2 aromatic carbocycles. The minimum atomic E-state index is -3.59. The van der Waals surface area contributed by atoms with E-state index in [2.05, 4.69) is 4.72 Å². The molecule has 0 aromatic heterocycles. The molecule has 0 bridgehead atoms. The second-order valence-electron chi connectivity index (χ2n) is 4.98. The quantitative estimate of drug-likeness (QED) is 0.860. The molecule has 0 aliphatic rings.